The first-order valence-electron chi connectivity index (χ1n) is 6.51. The molecular formula is C16H11Cl3NO. The molecule has 1 aliphatic rings. The summed E-state index contributed by atoms with van der Waals surface area (Å²) in [6, 6.07) is 8.79. The van der Waals surface area contributed by atoms with Gasteiger partial charge in [0.1, 0.15) is 0 Å². The summed E-state index contributed by atoms with van der Waals surface area (Å²) in [5.74, 6) is -0.0178. The van der Waals surface area contributed by atoms with Gasteiger partial charge in [-0.05, 0) is 47.9 Å². The monoisotopic (exact) mass is 338 g/mol. The molecule has 1 heterocycles. The van der Waals surface area contributed by atoms with Crippen LogP contribution in [-0.2, 0) is 12.8 Å². The summed E-state index contributed by atoms with van der Waals surface area (Å²) < 4.78 is 0. The second kappa shape index (κ2) is 5.88. The maximum atomic E-state index is 12.4. The van der Waals surface area contributed by atoms with Crippen molar-refractivity contribution in [3.8, 4) is 0 Å². The molecular weight excluding hydrogens is 329 g/mol. The smallest absolute Gasteiger partial charge is 0.167 e. The topological polar surface area (TPSA) is 31.2 Å². The van der Waals surface area contributed by atoms with Gasteiger partial charge in [0, 0.05) is 33.6 Å². The minimum atomic E-state index is -0.0178. The van der Waals surface area contributed by atoms with Gasteiger partial charge < -0.3 is 0 Å². The molecule has 2 nitrogen and oxygen atoms in total. The first kappa shape index (κ1) is 14.7. The largest absolute Gasteiger partial charge is 0.294 e. The molecule has 1 aliphatic heterocycles. The molecule has 0 bridgehead atoms. The lowest BCUT2D eigenvalue weighted by molar-refractivity contribution is 0.0993. The average molecular weight is 340 g/mol. The Bertz CT molecular complexity index is 704. The number of ketones is 1. The van der Waals surface area contributed by atoms with E-state index >= 15 is 0 Å². The van der Waals surface area contributed by atoms with Crippen LogP contribution in [-0.4, -0.2) is 12.3 Å². The number of hydrogen-bond donors (Lipinski definition) is 0. The minimum absolute atomic E-state index is 0.0178. The van der Waals surface area contributed by atoms with Gasteiger partial charge in [0.25, 0.3) is 0 Å². The van der Waals surface area contributed by atoms with Crippen LogP contribution in [0, 0.1) is 0 Å². The average Bonchev–Trinajstić information content (AvgIpc) is 2.89. The molecule has 0 saturated heterocycles. The molecule has 0 spiro atoms. The zero-order valence-electron chi connectivity index (χ0n) is 11.0. The van der Waals surface area contributed by atoms with Crippen molar-refractivity contribution in [1.82, 2.24) is 5.32 Å². The number of carbonyl (C=O) groups is 1. The number of carbonyl (C=O) groups excluding carboxylic acids is 1. The third kappa shape index (κ3) is 3.03. The molecule has 2 aromatic carbocycles. The number of benzene rings is 2. The highest BCUT2D eigenvalue weighted by Gasteiger charge is 2.17. The molecule has 1 radical (unpaired) electrons. The molecule has 0 fully saturated rings. The maximum absolute atomic E-state index is 12.4. The number of nitrogens with zero attached hydrogens (tertiary/aromatic N) is 1. The van der Waals surface area contributed by atoms with E-state index in [1.54, 1.807) is 18.2 Å². The second-order valence-electron chi connectivity index (χ2n) is 4.92. The van der Waals surface area contributed by atoms with Crippen molar-refractivity contribution in [2.24, 2.45) is 0 Å². The Morgan fingerprint density at radius 2 is 1.81 bits per heavy atom. The predicted octanol–water partition coefficient (Wildman–Crippen LogP) is 4.86. The molecule has 0 unspecified atom stereocenters. The summed E-state index contributed by atoms with van der Waals surface area (Å²) in [7, 11) is 0. The van der Waals surface area contributed by atoms with Crippen LogP contribution in [0.2, 0.25) is 15.1 Å². The summed E-state index contributed by atoms with van der Waals surface area (Å²) in [6.45, 7) is 0.793. The molecule has 107 valence electrons. The van der Waals surface area contributed by atoms with E-state index in [9.17, 15) is 4.79 Å². The number of hydrogen-bond acceptors (Lipinski definition) is 1. The molecule has 0 saturated carbocycles. The molecule has 5 heteroatoms. The van der Waals surface area contributed by atoms with Crippen LogP contribution in [0.5, 0.6) is 0 Å². The zero-order valence-corrected chi connectivity index (χ0v) is 13.3. The predicted molar refractivity (Wildman–Crippen MR) is 86.3 cm³/mol. The third-order valence-corrected chi connectivity index (χ3v) is 4.40. The molecule has 0 N–H and O–H groups in total. The van der Waals surface area contributed by atoms with Crippen LogP contribution in [0.15, 0.2) is 30.3 Å². The highest BCUT2D eigenvalue weighted by atomic mass is 35.5. The van der Waals surface area contributed by atoms with Crippen molar-refractivity contribution >= 4 is 46.3 Å². The second-order valence-corrected chi connectivity index (χ2v) is 6.17. The fourth-order valence-electron chi connectivity index (χ4n) is 2.41. The van der Waals surface area contributed by atoms with Crippen LogP contribution < -0.4 is 5.32 Å². The lowest BCUT2D eigenvalue weighted by Crippen LogP contribution is -2.05. The van der Waals surface area contributed by atoms with Crippen molar-refractivity contribution in [1.29, 1.82) is 0 Å². The van der Waals surface area contributed by atoms with E-state index in [4.69, 9.17) is 34.8 Å². The summed E-state index contributed by atoms with van der Waals surface area (Å²) in [5.41, 5.74) is 3.37. The number of fused-ring (bicyclic) bond motifs is 1. The van der Waals surface area contributed by atoms with Crippen LogP contribution in [0.3, 0.4) is 0 Å². The summed E-state index contributed by atoms with van der Waals surface area (Å²) in [5, 5.41) is 5.64. The Morgan fingerprint density at radius 3 is 2.52 bits per heavy atom. The van der Waals surface area contributed by atoms with E-state index in [1.165, 1.54) is 0 Å². The fraction of sp³-hybridized carbons (Fsp3) is 0.188. The summed E-state index contributed by atoms with van der Waals surface area (Å²) in [4.78, 5) is 12.4. The van der Waals surface area contributed by atoms with Gasteiger partial charge >= 0.3 is 0 Å². The SMILES string of the molecule is O=C(Cc1c(Cl)cc(Cl)cc1Cl)c1ccc2c(c1)CC[N]2. The Morgan fingerprint density at radius 1 is 1.10 bits per heavy atom. The molecule has 21 heavy (non-hydrogen) atoms. The normalized spacial score (nSPS) is 12.9. The Balaban J connectivity index is 1.87. The quantitative estimate of drug-likeness (QED) is 0.734. The first-order chi connectivity index (χ1) is 10.0. The van der Waals surface area contributed by atoms with E-state index in [0.717, 1.165) is 24.2 Å². The summed E-state index contributed by atoms with van der Waals surface area (Å²) >= 11 is 18.1. The highest BCUT2D eigenvalue weighted by molar-refractivity contribution is 6.39. The van der Waals surface area contributed by atoms with Crippen molar-refractivity contribution in [3.63, 3.8) is 0 Å². The van der Waals surface area contributed by atoms with Gasteiger partial charge in [-0.1, -0.05) is 34.8 Å². The molecule has 0 amide bonds. The van der Waals surface area contributed by atoms with Gasteiger partial charge in [-0.3, -0.25) is 10.1 Å². The number of halogens is 3. The Labute approximate surface area is 138 Å². The van der Waals surface area contributed by atoms with Crippen LogP contribution in [0.4, 0.5) is 5.69 Å². The lowest BCUT2D eigenvalue weighted by atomic mass is 10.00. The van der Waals surface area contributed by atoms with Gasteiger partial charge in [-0.15, -0.1) is 0 Å². The van der Waals surface area contributed by atoms with Crippen LogP contribution >= 0.6 is 34.8 Å². The molecule has 0 atom stereocenters. The van der Waals surface area contributed by atoms with Gasteiger partial charge in [-0.25, -0.2) is 0 Å². The Hall–Kier alpha value is -1.22. The number of rotatable bonds is 3. The van der Waals surface area contributed by atoms with E-state index in [2.05, 4.69) is 5.32 Å². The van der Waals surface area contributed by atoms with E-state index in [-0.39, 0.29) is 12.2 Å². The molecule has 2 aromatic rings. The fourth-order valence-corrected chi connectivity index (χ4v) is 3.36. The van der Waals surface area contributed by atoms with Gasteiger partial charge in [-0.2, -0.15) is 0 Å². The van der Waals surface area contributed by atoms with E-state index in [1.807, 2.05) is 12.1 Å². The lowest BCUT2D eigenvalue weighted by Gasteiger charge is -2.08. The molecule has 0 aliphatic carbocycles. The summed E-state index contributed by atoms with van der Waals surface area (Å²) in [6.07, 6.45) is 1.05. The van der Waals surface area contributed by atoms with Gasteiger partial charge in [0.2, 0.25) is 0 Å². The van der Waals surface area contributed by atoms with Crippen molar-refractivity contribution in [2.75, 3.05) is 6.54 Å². The Kier molecular flexibility index (Phi) is 4.12. The number of Topliss-reactive ketones (excluding diaryl/α,β-unsaturated/α-hetero) is 1. The third-order valence-electron chi connectivity index (χ3n) is 3.51. The van der Waals surface area contributed by atoms with Crippen molar-refractivity contribution in [2.45, 2.75) is 12.8 Å². The maximum Gasteiger partial charge on any atom is 0.167 e. The standard InChI is InChI=1S/C16H11Cl3NO/c17-11-6-13(18)12(14(19)7-11)8-16(21)10-1-2-15-9(5-10)3-4-20-15/h1-2,5-7H,3-4,8H2. The first-order valence-corrected chi connectivity index (χ1v) is 7.65. The van der Waals surface area contributed by atoms with Gasteiger partial charge in [0.15, 0.2) is 5.78 Å². The van der Waals surface area contributed by atoms with Gasteiger partial charge in [0.05, 0.1) is 5.69 Å². The van der Waals surface area contributed by atoms with Crippen LogP contribution in [0.25, 0.3) is 0 Å². The van der Waals surface area contributed by atoms with E-state index in [0.29, 0.717) is 26.2 Å². The van der Waals surface area contributed by atoms with Crippen LogP contribution in [0.1, 0.15) is 21.5 Å². The zero-order chi connectivity index (χ0) is 15.0. The molecule has 3 rings (SSSR count). The minimum Gasteiger partial charge on any atom is -0.294 e. The van der Waals surface area contributed by atoms with Crippen molar-refractivity contribution < 1.29 is 4.79 Å². The van der Waals surface area contributed by atoms with E-state index < -0.39 is 0 Å². The molecule has 0 aromatic heterocycles. The van der Waals surface area contributed by atoms with Crippen molar-refractivity contribution in [3.05, 3.63) is 62.1 Å². The highest BCUT2D eigenvalue weighted by Crippen LogP contribution is 2.30.